The number of carbonyl (C=O) groups excluding carboxylic acids is 1. The highest BCUT2D eigenvalue weighted by molar-refractivity contribution is 9.10. The van der Waals surface area contributed by atoms with Crippen LogP contribution in [0.3, 0.4) is 0 Å². The molecule has 0 fully saturated rings. The number of ketones is 1. The van der Waals surface area contributed by atoms with E-state index in [1.807, 2.05) is 0 Å². The maximum Gasteiger partial charge on any atom is 0.345 e. The fourth-order valence-electron chi connectivity index (χ4n) is 1.60. The van der Waals surface area contributed by atoms with Gasteiger partial charge in [0.2, 0.25) is 0 Å². The first-order chi connectivity index (χ1) is 9.02. The van der Waals surface area contributed by atoms with E-state index in [0.29, 0.717) is 15.8 Å². The quantitative estimate of drug-likeness (QED) is 0.793. The Morgan fingerprint density at radius 1 is 1.47 bits per heavy atom. The average Bonchev–Trinajstić information content (AvgIpc) is 2.70. The smallest absolute Gasteiger partial charge is 0.345 e. The van der Waals surface area contributed by atoms with Gasteiger partial charge in [0.05, 0.1) is 11.6 Å². The van der Waals surface area contributed by atoms with Crippen molar-refractivity contribution in [1.82, 2.24) is 14.3 Å². The number of carbonyl (C=O) groups is 1. The number of hydrogen-bond acceptors (Lipinski definition) is 4. The highest BCUT2D eigenvalue weighted by Gasteiger charge is 2.12. The third-order valence-corrected chi connectivity index (χ3v) is 3.27. The van der Waals surface area contributed by atoms with Gasteiger partial charge in [0, 0.05) is 12.6 Å². The van der Waals surface area contributed by atoms with Crippen molar-refractivity contribution in [3.05, 3.63) is 45.0 Å². The summed E-state index contributed by atoms with van der Waals surface area (Å²) in [5, 5.41) is 3.85. The third-order valence-electron chi connectivity index (χ3n) is 2.65. The molecule has 2 rings (SSSR count). The van der Waals surface area contributed by atoms with Crippen molar-refractivity contribution in [2.75, 3.05) is 7.11 Å². The first kappa shape index (κ1) is 13.5. The van der Waals surface area contributed by atoms with Crippen LogP contribution in [-0.2, 0) is 13.6 Å². The summed E-state index contributed by atoms with van der Waals surface area (Å²) >= 11 is 3.31. The Morgan fingerprint density at radius 2 is 2.21 bits per heavy atom. The van der Waals surface area contributed by atoms with Gasteiger partial charge in [0.1, 0.15) is 18.6 Å². The number of nitrogens with zero attached hydrogens (tertiary/aromatic N) is 3. The second-order valence-electron chi connectivity index (χ2n) is 3.95. The van der Waals surface area contributed by atoms with Gasteiger partial charge >= 0.3 is 5.69 Å². The van der Waals surface area contributed by atoms with Crippen LogP contribution in [0, 0.1) is 0 Å². The van der Waals surface area contributed by atoms with Crippen LogP contribution in [0.2, 0.25) is 0 Å². The minimum Gasteiger partial charge on any atom is -0.496 e. The van der Waals surface area contributed by atoms with E-state index in [-0.39, 0.29) is 18.0 Å². The maximum atomic E-state index is 12.1. The molecule has 2 aromatic rings. The second kappa shape index (κ2) is 5.40. The van der Waals surface area contributed by atoms with Crippen molar-refractivity contribution in [2.45, 2.75) is 6.54 Å². The van der Waals surface area contributed by atoms with E-state index in [9.17, 15) is 9.59 Å². The second-order valence-corrected chi connectivity index (χ2v) is 4.81. The standard InChI is InChI=1S/C12H12BrN3O3/c1-15-7-14-16(12(15)18)6-10(17)8-3-4-11(19-2)9(13)5-8/h3-5,7H,6H2,1-2H3. The van der Waals surface area contributed by atoms with Crippen LogP contribution in [0.15, 0.2) is 33.8 Å². The molecule has 0 saturated heterocycles. The summed E-state index contributed by atoms with van der Waals surface area (Å²) in [7, 11) is 3.13. The highest BCUT2D eigenvalue weighted by Crippen LogP contribution is 2.25. The van der Waals surface area contributed by atoms with E-state index in [2.05, 4.69) is 21.0 Å². The van der Waals surface area contributed by atoms with Crippen molar-refractivity contribution >= 4 is 21.7 Å². The molecule has 6 nitrogen and oxygen atoms in total. The van der Waals surface area contributed by atoms with Crippen LogP contribution in [-0.4, -0.2) is 27.2 Å². The predicted molar refractivity (Wildman–Crippen MR) is 72.5 cm³/mol. The largest absolute Gasteiger partial charge is 0.496 e. The molecule has 0 N–H and O–H groups in total. The molecule has 0 unspecified atom stereocenters. The molecule has 0 aliphatic carbocycles. The van der Waals surface area contributed by atoms with Crippen LogP contribution in [0.4, 0.5) is 0 Å². The lowest BCUT2D eigenvalue weighted by Gasteiger charge is -2.05. The zero-order valence-electron chi connectivity index (χ0n) is 10.5. The minimum atomic E-state index is -0.319. The third kappa shape index (κ3) is 2.76. The van der Waals surface area contributed by atoms with E-state index in [4.69, 9.17) is 4.74 Å². The molecular weight excluding hydrogens is 314 g/mol. The number of halogens is 1. The Kier molecular flexibility index (Phi) is 3.84. The first-order valence-electron chi connectivity index (χ1n) is 5.48. The molecule has 0 atom stereocenters. The van der Waals surface area contributed by atoms with E-state index >= 15 is 0 Å². The summed E-state index contributed by atoms with van der Waals surface area (Å²) in [5.41, 5.74) is 0.172. The van der Waals surface area contributed by atoms with Crippen LogP contribution >= 0.6 is 15.9 Å². The molecule has 0 radical (unpaired) electrons. The highest BCUT2D eigenvalue weighted by atomic mass is 79.9. The Balaban J connectivity index is 2.23. The van der Waals surface area contributed by atoms with Crippen molar-refractivity contribution in [2.24, 2.45) is 7.05 Å². The molecule has 7 heteroatoms. The van der Waals surface area contributed by atoms with Crippen LogP contribution in [0.5, 0.6) is 5.75 Å². The van der Waals surface area contributed by atoms with Crippen LogP contribution in [0.1, 0.15) is 10.4 Å². The predicted octanol–water partition coefficient (Wildman–Crippen LogP) is 1.24. The molecule has 0 bridgehead atoms. The van der Waals surface area contributed by atoms with Crippen LogP contribution in [0.25, 0.3) is 0 Å². The molecule has 0 aliphatic heterocycles. The van der Waals surface area contributed by atoms with Gasteiger partial charge in [-0.25, -0.2) is 9.48 Å². The lowest BCUT2D eigenvalue weighted by atomic mass is 10.1. The van der Waals surface area contributed by atoms with Crippen molar-refractivity contribution in [1.29, 1.82) is 0 Å². The Hall–Kier alpha value is -1.89. The van der Waals surface area contributed by atoms with Gasteiger partial charge in [-0.3, -0.25) is 9.36 Å². The van der Waals surface area contributed by atoms with Crippen LogP contribution < -0.4 is 10.4 Å². The number of hydrogen-bond donors (Lipinski definition) is 0. The molecule has 0 amide bonds. The number of aromatic nitrogens is 3. The van der Waals surface area contributed by atoms with E-state index in [1.54, 1.807) is 32.4 Å². The minimum absolute atomic E-state index is 0.0849. The van der Waals surface area contributed by atoms with Gasteiger partial charge in [-0.15, -0.1) is 0 Å². The normalized spacial score (nSPS) is 10.5. The Labute approximate surface area is 117 Å². The average molecular weight is 326 g/mol. The van der Waals surface area contributed by atoms with E-state index < -0.39 is 0 Å². The molecule has 1 aromatic carbocycles. The molecule has 0 aliphatic rings. The van der Waals surface area contributed by atoms with E-state index in [0.717, 1.165) is 4.68 Å². The summed E-state index contributed by atoms with van der Waals surface area (Å²) in [4.78, 5) is 23.6. The summed E-state index contributed by atoms with van der Waals surface area (Å²) < 4.78 is 8.22. The van der Waals surface area contributed by atoms with Gasteiger partial charge in [-0.1, -0.05) is 0 Å². The van der Waals surface area contributed by atoms with Crippen molar-refractivity contribution in [3.63, 3.8) is 0 Å². The van der Waals surface area contributed by atoms with Gasteiger partial charge < -0.3 is 4.74 Å². The fourth-order valence-corrected chi connectivity index (χ4v) is 2.14. The Bertz CT molecular complexity index is 675. The van der Waals surface area contributed by atoms with Gasteiger partial charge in [0.25, 0.3) is 0 Å². The summed E-state index contributed by atoms with van der Waals surface area (Å²) in [6.07, 6.45) is 1.37. The number of ether oxygens (including phenoxy) is 1. The number of rotatable bonds is 4. The number of benzene rings is 1. The number of methoxy groups -OCH3 is 1. The monoisotopic (exact) mass is 325 g/mol. The molecule has 0 spiro atoms. The lowest BCUT2D eigenvalue weighted by molar-refractivity contribution is 0.0966. The molecular formula is C12H12BrN3O3. The first-order valence-corrected chi connectivity index (χ1v) is 6.27. The summed E-state index contributed by atoms with van der Waals surface area (Å²) in [6.45, 7) is -0.0849. The molecule has 1 aromatic heterocycles. The van der Waals surface area contributed by atoms with Gasteiger partial charge in [-0.05, 0) is 34.1 Å². The topological polar surface area (TPSA) is 66.1 Å². The molecule has 100 valence electrons. The van der Waals surface area contributed by atoms with E-state index in [1.165, 1.54) is 10.9 Å². The molecule has 0 saturated carbocycles. The number of aryl methyl sites for hydroxylation is 1. The van der Waals surface area contributed by atoms with Crippen molar-refractivity contribution in [3.8, 4) is 5.75 Å². The van der Waals surface area contributed by atoms with Gasteiger partial charge in [0.15, 0.2) is 5.78 Å². The zero-order valence-corrected chi connectivity index (χ0v) is 12.0. The zero-order chi connectivity index (χ0) is 14.0. The summed E-state index contributed by atoms with van der Waals surface area (Å²) in [5.74, 6) is 0.454. The van der Waals surface area contributed by atoms with Crippen molar-refractivity contribution < 1.29 is 9.53 Å². The Morgan fingerprint density at radius 3 is 2.74 bits per heavy atom. The maximum absolute atomic E-state index is 12.1. The fraction of sp³-hybridized carbons (Fsp3) is 0.250. The molecule has 19 heavy (non-hydrogen) atoms. The SMILES string of the molecule is COc1ccc(C(=O)Cn2ncn(C)c2=O)cc1Br. The van der Waals surface area contributed by atoms with Gasteiger partial charge in [-0.2, -0.15) is 5.10 Å². The lowest BCUT2D eigenvalue weighted by Crippen LogP contribution is -2.26. The molecule has 1 heterocycles. The summed E-state index contributed by atoms with van der Waals surface area (Å²) in [6, 6.07) is 5.01. The number of Topliss-reactive ketones (excluding diaryl/α,β-unsaturated/α-hetero) is 1.